The van der Waals surface area contributed by atoms with E-state index in [2.05, 4.69) is 6.08 Å². The van der Waals surface area contributed by atoms with E-state index in [0.717, 1.165) is 30.4 Å². The number of benzene rings is 1. The van der Waals surface area contributed by atoms with Gasteiger partial charge in [0.1, 0.15) is 0 Å². The lowest BCUT2D eigenvalue weighted by molar-refractivity contribution is -0.160. The van der Waals surface area contributed by atoms with E-state index in [1.54, 1.807) is 0 Å². The molecule has 0 bridgehead atoms. The third-order valence-electron chi connectivity index (χ3n) is 6.61. The van der Waals surface area contributed by atoms with Crippen LogP contribution in [0, 0.1) is 11.8 Å². The van der Waals surface area contributed by atoms with E-state index in [1.807, 2.05) is 36.2 Å². The maximum absolute atomic E-state index is 13.1. The van der Waals surface area contributed by atoms with Gasteiger partial charge in [0.25, 0.3) is 5.91 Å². The minimum Gasteiger partial charge on any atom is -0.459 e. The van der Waals surface area contributed by atoms with Gasteiger partial charge in [0.05, 0.1) is 13.2 Å². The third kappa shape index (κ3) is 5.20. The zero-order valence-corrected chi connectivity index (χ0v) is 17.4. The van der Waals surface area contributed by atoms with Gasteiger partial charge in [0.15, 0.2) is 5.76 Å². The number of amides is 1. The molecule has 0 unspecified atom stereocenters. The van der Waals surface area contributed by atoms with Crippen molar-refractivity contribution in [3.8, 4) is 0 Å². The van der Waals surface area contributed by atoms with Crippen molar-refractivity contribution in [1.82, 2.24) is 4.90 Å². The first-order valence-corrected chi connectivity index (χ1v) is 11.1. The highest BCUT2D eigenvalue weighted by Gasteiger charge is 2.38. The fourth-order valence-electron chi connectivity index (χ4n) is 4.53. The molecule has 4 rings (SSSR count). The highest BCUT2D eigenvalue weighted by atomic mass is 16.7. The molecule has 3 aliphatic rings. The van der Waals surface area contributed by atoms with Crippen molar-refractivity contribution < 1.29 is 19.4 Å². The lowest BCUT2D eigenvalue weighted by Gasteiger charge is -2.34. The maximum atomic E-state index is 13.1. The van der Waals surface area contributed by atoms with E-state index in [0.29, 0.717) is 30.2 Å². The van der Waals surface area contributed by atoms with Gasteiger partial charge in [-0.15, -0.1) is 0 Å². The Labute approximate surface area is 173 Å². The number of carbonyl (C=O) groups excluding carboxylic acids is 1. The molecule has 0 radical (unpaired) electrons. The van der Waals surface area contributed by atoms with Gasteiger partial charge >= 0.3 is 0 Å². The molecule has 2 fully saturated rings. The van der Waals surface area contributed by atoms with E-state index >= 15 is 0 Å². The van der Waals surface area contributed by atoms with Crippen molar-refractivity contribution in [1.29, 1.82) is 0 Å². The number of aliphatic hydroxyl groups is 1. The molecule has 1 amide bonds. The summed E-state index contributed by atoms with van der Waals surface area (Å²) < 4.78 is 12.1. The predicted molar refractivity (Wildman–Crippen MR) is 111 cm³/mol. The number of likely N-dealkylation sites (N-methyl/N-ethyl adjacent to an activating group) is 1. The summed E-state index contributed by atoms with van der Waals surface area (Å²) in [6, 6.07) is 8.06. The zero-order chi connectivity index (χ0) is 20.2. The van der Waals surface area contributed by atoms with Crippen LogP contribution in [0.15, 0.2) is 36.1 Å². The van der Waals surface area contributed by atoms with E-state index in [4.69, 9.17) is 9.47 Å². The van der Waals surface area contributed by atoms with Crippen molar-refractivity contribution in [3.63, 3.8) is 0 Å². The smallest absolute Gasteiger partial charge is 0.288 e. The Morgan fingerprint density at radius 2 is 1.79 bits per heavy atom. The lowest BCUT2D eigenvalue weighted by Crippen LogP contribution is -2.41. The summed E-state index contributed by atoms with van der Waals surface area (Å²) in [7, 11) is 1.92. The van der Waals surface area contributed by atoms with Crippen molar-refractivity contribution in [2.45, 2.75) is 76.9 Å². The second-order valence-electron chi connectivity index (χ2n) is 8.81. The molecule has 29 heavy (non-hydrogen) atoms. The van der Waals surface area contributed by atoms with Gasteiger partial charge in [0, 0.05) is 19.5 Å². The molecule has 1 aromatic carbocycles. The fourth-order valence-corrected chi connectivity index (χ4v) is 4.53. The van der Waals surface area contributed by atoms with Crippen LogP contribution in [0.2, 0.25) is 0 Å². The van der Waals surface area contributed by atoms with Gasteiger partial charge in [-0.05, 0) is 54.7 Å². The number of carbonyl (C=O) groups is 1. The largest absolute Gasteiger partial charge is 0.459 e. The normalized spacial score (nSPS) is 25.2. The van der Waals surface area contributed by atoms with Crippen LogP contribution in [-0.2, 0) is 27.5 Å². The van der Waals surface area contributed by atoms with Crippen LogP contribution < -0.4 is 0 Å². The minimum absolute atomic E-state index is 0.00292. The summed E-state index contributed by atoms with van der Waals surface area (Å²) in [4.78, 5) is 15.0. The molecule has 1 aromatic rings. The van der Waals surface area contributed by atoms with Crippen molar-refractivity contribution >= 4 is 5.91 Å². The van der Waals surface area contributed by atoms with Gasteiger partial charge in [0.2, 0.25) is 6.29 Å². The van der Waals surface area contributed by atoms with Crippen LogP contribution >= 0.6 is 0 Å². The van der Waals surface area contributed by atoms with Crippen molar-refractivity contribution in [2.24, 2.45) is 11.8 Å². The second kappa shape index (κ2) is 9.31. The summed E-state index contributed by atoms with van der Waals surface area (Å²) in [5.41, 5.74) is 1.92. The molecule has 0 aromatic heterocycles. The highest BCUT2D eigenvalue weighted by Crippen LogP contribution is 2.43. The van der Waals surface area contributed by atoms with Gasteiger partial charge in [-0.1, -0.05) is 43.5 Å². The van der Waals surface area contributed by atoms with E-state index in [-0.39, 0.29) is 18.8 Å². The zero-order valence-electron chi connectivity index (χ0n) is 17.4. The molecule has 158 valence electrons. The number of rotatable bonds is 7. The number of ether oxygens (including phenoxy) is 2. The first-order valence-electron chi connectivity index (χ1n) is 11.1. The molecule has 1 aliphatic heterocycles. The van der Waals surface area contributed by atoms with Gasteiger partial charge < -0.3 is 19.5 Å². The van der Waals surface area contributed by atoms with E-state index in [1.165, 1.54) is 32.1 Å². The monoisotopic (exact) mass is 399 g/mol. The van der Waals surface area contributed by atoms with Gasteiger partial charge in [-0.3, -0.25) is 4.79 Å². The molecule has 0 spiro atoms. The molecule has 2 saturated carbocycles. The number of allylic oxidation sites excluding steroid dienone is 1. The summed E-state index contributed by atoms with van der Waals surface area (Å²) in [6.45, 7) is 0.481. The molecule has 2 atom stereocenters. The van der Waals surface area contributed by atoms with Crippen LogP contribution in [0.25, 0.3) is 0 Å². The Balaban J connectivity index is 1.39. The molecule has 0 saturated heterocycles. The molecule has 5 nitrogen and oxygen atoms in total. The highest BCUT2D eigenvalue weighted by molar-refractivity contribution is 5.91. The van der Waals surface area contributed by atoms with Gasteiger partial charge in [-0.25, -0.2) is 0 Å². The molecular weight excluding hydrogens is 366 g/mol. The summed E-state index contributed by atoms with van der Waals surface area (Å²) in [6.07, 6.45) is 10.8. The van der Waals surface area contributed by atoms with Crippen LogP contribution in [0.5, 0.6) is 0 Å². The number of hydrogen-bond donors (Lipinski definition) is 1. The molecule has 5 heteroatoms. The Kier molecular flexibility index (Phi) is 6.56. The van der Waals surface area contributed by atoms with Crippen LogP contribution in [-0.4, -0.2) is 35.3 Å². The van der Waals surface area contributed by atoms with E-state index in [9.17, 15) is 9.90 Å². The summed E-state index contributed by atoms with van der Waals surface area (Å²) in [5, 5.41) is 9.18. The molecule has 2 aliphatic carbocycles. The van der Waals surface area contributed by atoms with Gasteiger partial charge in [-0.2, -0.15) is 0 Å². The number of nitrogens with zero attached hydrogens (tertiary/aromatic N) is 1. The van der Waals surface area contributed by atoms with Crippen LogP contribution in [0.1, 0.15) is 62.5 Å². The first-order chi connectivity index (χ1) is 14.1. The van der Waals surface area contributed by atoms with Crippen molar-refractivity contribution in [2.75, 3.05) is 7.05 Å². The van der Waals surface area contributed by atoms with Crippen LogP contribution in [0.3, 0.4) is 0 Å². The summed E-state index contributed by atoms with van der Waals surface area (Å²) in [5.74, 6) is 1.51. The maximum Gasteiger partial charge on any atom is 0.288 e. The van der Waals surface area contributed by atoms with Crippen LogP contribution in [0.4, 0.5) is 0 Å². The average Bonchev–Trinajstić information content (AvgIpc) is 3.63. The Morgan fingerprint density at radius 1 is 1.10 bits per heavy atom. The summed E-state index contributed by atoms with van der Waals surface area (Å²) >= 11 is 0. The van der Waals surface area contributed by atoms with Crippen molar-refractivity contribution in [3.05, 3.63) is 47.2 Å². The Morgan fingerprint density at radius 3 is 2.45 bits per heavy atom. The topological polar surface area (TPSA) is 59.0 Å². The number of hydrogen-bond acceptors (Lipinski definition) is 4. The fraction of sp³-hybridized carbons (Fsp3) is 0.625. The standard InChI is InChI=1S/C24H33NO4/c1-25(21-5-3-2-4-6-21)24(27)22-13-20(19-11-12-19)14-23(29-22)28-16-18-9-7-17(15-26)8-10-18/h7-10,13,19-21,23,26H,2-6,11-12,14-16H2,1H3/t20-,23+/m1/s1. The number of aliphatic hydroxyl groups excluding tert-OH is 1. The third-order valence-corrected chi connectivity index (χ3v) is 6.61. The SMILES string of the molecule is CN(C(=O)C1=C[C@@H](C2CC2)C[C@@H](OCc2ccc(CO)cc2)O1)C1CCCCC1. The first kappa shape index (κ1) is 20.4. The molecular formula is C24H33NO4. The predicted octanol–water partition coefficient (Wildman–Crippen LogP) is 4.14. The molecule has 1 heterocycles. The molecule has 1 N–H and O–H groups in total. The Hall–Kier alpha value is -1.85. The lowest BCUT2D eigenvalue weighted by atomic mass is 9.93. The van der Waals surface area contributed by atoms with E-state index < -0.39 is 0 Å². The Bertz CT molecular complexity index is 719. The quantitative estimate of drug-likeness (QED) is 0.749. The minimum atomic E-state index is -0.387. The second-order valence-corrected chi connectivity index (χ2v) is 8.81. The average molecular weight is 400 g/mol.